The van der Waals surface area contributed by atoms with E-state index in [1.807, 2.05) is 0 Å². The number of carbonyl (C=O) groups excluding carboxylic acids is 2. The molecule has 0 saturated carbocycles. The largest absolute Gasteiger partial charge is 0.453 e. The number of aromatic nitrogens is 1. The van der Waals surface area contributed by atoms with Crippen LogP contribution in [0.3, 0.4) is 0 Å². The monoisotopic (exact) mass is 267 g/mol. The third-order valence-electron chi connectivity index (χ3n) is 1.78. The minimum absolute atomic E-state index is 0.0291. The molecule has 1 amide bonds. The van der Waals surface area contributed by atoms with Crippen LogP contribution in [0.1, 0.15) is 20.8 Å². The molecule has 0 saturated heterocycles. The minimum atomic E-state index is -1.05. The summed E-state index contributed by atoms with van der Waals surface area (Å²) in [7, 11) is 0. The molecule has 1 aromatic rings. The van der Waals surface area contributed by atoms with Crippen LogP contribution < -0.4 is 5.32 Å². The van der Waals surface area contributed by atoms with Crippen molar-refractivity contribution in [2.24, 2.45) is 0 Å². The maximum atomic E-state index is 11.4. The molecule has 0 unspecified atom stereocenters. The van der Waals surface area contributed by atoms with Crippen molar-refractivity contribution in [1.29, 1.82) is 0 Å². The first-order valence-corrected chi connectivity index (χ1v) is 5.34. The number of esters is 1. The lowest BCUT2D eigenvalue weighted by Crippen LogP contribution is -2.32. The maximum absolute atomic E-state index is 11.4. The number of rotatable bonds is 2. The highest BCUT2D eigenvalue weighted by Crippen LogP contribution is 2.12. The van der Waals surface area contributed by atoms with Gasteiger partial charge >= 0.3 is 11.9 Å². The molecule has 1 rings (SSSR count). The summed E-state index contributed by atoms with van der Waals surface area (Å²) in [5.74, 6) is -2.01. The second-order valence-corrected chi connectivity index (χ2v) is 4.61. The zero-order chi connectivity index (χ0) is 14.6. The minimum Gasteiger partial charge on any atom is -0.453 e. The average Bonchev–Trinajstić information content (AvgIpc) is 2.27. The molecule has 0 fully saturated rings. The van der Waals surface area contributed by atoms with Gasteiger partial charge in [0.15, 0.2) is 0 Å². The fourth-order valence-electron chi connectivity index (χ4n) is 1.06. The van der Waals surface area contributed by atoms with Crippen molar-refractivity contribution in [2.75, 3.05) is 5.32 Å². The molecule has 0 spiro atoms. The highest BCUT2D eigenvalue weighted by Gasteiger charge is 2.23. The third-order valence-corrected chi connectivity index (χ3v) is 1.78. The lowest BCUT2D eigenvalue weighted by Gasteiger charge is -2.18. The van der Waals surface area contributed by atoms with Crippen molar-refractivity contribution >= 4 is 23.4 Å². The lowest BCUT2D eigenvalue weighted by molar-refractivity contribution is -0.385. The van der Waals surface area contributed by atoms with Crippen molar-refractivity contribution in [3.63, 3.8) is 0 Å². The summed E-state index contributed by atoms with van der Waals surface area (Å²) in [6.45, 7) is 4.88. The third kappa shape index (κ3) is 4.70. The molecule has 1 heterocycles. The Morgan fingerprint density at radius 1 is 1.37 bits per heavy atom. The summed E-state index contributed by atoms with van der Waals surface area (Å²) in [4.78, 5) is 36.2. The van der Waals surface area contributed by atoms with Gasteiger partial charge < -0.3 is 10.1 Å². The molecule has 0 bridgehead atoms. The van der Waals surface area contributed by atoms with Crippen molar-refractivity contribution in [1.82, 2.24) is 4.98 Å². The van der Waals surface area contributed by atoms with Crippen molar-refractivity contribution in [3.8, 4) is 0 Å². The second-order valence-electron chi connectivity index (χ2n) is 4.61. The van der Waals surface area contributed by atoms with Crippen LogP contribution in [0, 0.1) is 10.1 Å². The van der Waals surface area contributed by atoms with Gasteiger partial charge in [0.2, 0.25) is 0 Å². The highest BCUT2D eigenvalue weighted by molar-refractivity contribution is 6.37. The summed E-state index contributed by atoms with van der Waals surface area (Å²) in [5, 5.41) is 12.6. The Morgan fingerprint density at radius 2 is 2.00 bits per heavy atom. The molecular weight excluding hydrogens is 254 g/mol. The van der Waals surface area contributed by atoms with Crippen LogP contribution in [0.4, 0.5) is 11.5 Å². The quantitative estimate of drug-likeness (QED) is 0.374. The number of hydrogen-bond donors (Lipinski definition) is 1. The first-order chi connectivity index (χ1) is 8.69. The predicted molar refractivity (Wildman–Crippen MR) is 65.4 cm³/mol. The molecule has 19 heavy (non-hydrogen) atoms. The van der Waals surface area contributed by atoms with Gasteiger partial charge in [-0.25, -0.2) is 9.78 Å². The Balaban J connectivity index is 2.67. The Hall–Kier alpha value is -2.51. The van der Waals surface area contributed by atoms with E-state index in [9.17, 15) is 19.7 Å². The summed E-state index contributed by atoms with van der Waals surface area (Å²) < 4.78 is 4.85. The molecular formula is C11H13N3O5. The van der Waals surface area contributed by atoms with Gasteiger partial charge in [0.25, 0.3) is 5.69 Å². The van der Waals surface area contributed by atoms with Gasteiger partial charge in [0, 0.05) is 6.07 Å². The SMILES string of the molecule is CC(C)(C)OC(=O)C(=O)Nc1ccc([N+](=O)[O-])cn1. The molecule has 1 N–H and O–H groups in total. The second kappa shape index (κ2) is 5.42. The van der Waals surface area contributed by atoms with Crippen LogP contribution in [0.5, 0.6) is 0 Å². The number of pyridine rings is 1. The Morgan fingerprint density at radius 3 is 2.42 bits per heavy atom. The van der Waals surface area contributed by atoms with Gasteiger partial charge in [-0.05, 0) is 26.8 Å². The summed E-state index contributed by atoms with van der Waals surface area (Å²) in [6.07, 6.45) is 0.977. The lowest BCUT2D eigenvalue weighted by atomic mass is 10.2. The number of carbonyl (C=O) groups is 2. The number of ether oxygens (including phenoxy) is 1. The fourth-order valence-corrected chi connectivity index (χ4v) is 1.06. The van der Waals surface area contributed by atoms with Gasteiger partial charge in [0.05, 0.1) is 4.92 Å². The topological polar surface area (TPSA) is 111 Å². The van der Waals surface area contributed by atoms with Gasteiger partial charge in [-0.15, -0.1) is 0 Å². The molecule has 0 aliphatic rings. The van der Waals surface area contributed by atoms with Crippen molar-refractivity contribution in [2.45, 2.75) is 26.4 Å². The van der Waals surface area contributed by atoms with E-state index in [-0.39, 0.29) is 11.5 Å². The van der Waals surface area contributed by atoms with Crippen molar-refractivity contribution < 1.29 is 19.2 Å². The molecule has 0 aromatic carbocycles. The highest BCUT2D eigenvalue weighted by atomic mass is 16.6. The summed E-state index contributed by atoms with van der Waals surface area (Å²) in [6, 6.07) is 2.39. The summed E-state index contributed by atoms with van der Waals surface area (Å²) in [5.41, 5.74) is -0.993. The maximum Gasteiger partial charge on any atom is 0.397 e. The van der Waals surface area contributed by atoms with Crippen LogP contribution in [0.15, 0.2) is 18.3 Å². The van der Waals surface area contributed by atoms with Gasteiger partial charge in [-0.2, -0.15) is 0 Å². The van der Waals surface area contributed by atoms with E-state index in [1.165, 1.54) is 6.07 Å². The van der Waals surface area contributed by atoms with E-state index in [2.05, 4.69) is 10.3 Å². The fraction of sp³-hybridized carbons (Fsp3) is 0.364. The van der Waals surface area contributed by atoms with Crippen LogP contribution in [0.25, 0.3) is 0 Å². The molecule has 8 heteroatoms. The van der Waals surface area contributed by atoms with Gasteiger partial charge in [-0.3, -0.25) is 14.9 Å². The van der Waals surface area contributed by atoms with Crippen LogP contribution in [-0.2, 0) is 14.3 Å². The van der Waals surface area contributed by atoms with E-state index in [4.69, 9.17) is 4.74 Å². The first kappa shape index (κ1) is 14.6. The smallest absolute Gasteiger partial charge is 0.397 e. The first-order valence-electron chi connectivity index (χ1n) is 5.34. The zero-order valence-electron chi connectivity index (χ0n) is 10.7. The summed E-state index contributed by atoms with van der Waals surface area (Å²) >= 11 is 0. The van der Waals surface area contributed by atoms with E-state index < -0.39 is 22.4 Å². The molecule has 0 radical (unpaired) electrons. The Kier molecular flexibility index (Phi) is 4.15. The Bertz CT molecular complexity index is 504. The number of nitrogens with zero attached hydrogens (tertiary/aromatic N) is 2. The number of amides is 1. The van der Waals surface area contributed by atoms with Gasteiger partial charge in [0.1, 0.15) is 17.6 Å². The Labute approximate surface area is 108 Å². The molecule has 1 aromatic heterocycles. The van der Waals surface area contributed by atoms with E-state index >= 15 is 0 Å². The molecule has 0 aliphatic carbocycles. The average molecular weight is 267 g/mol. The molecule has 0 atom stereocenters. The normalized spacial score (nSPS) is 10.7. The van der Waals surface area contributed by atoms with Crippen molar-refractivity contribution in [3.05, 3.63) is 28.4 Å². The predicted octanol–water partition coefficient (Wildman–Crippen LogP) is 1.27. The van der Waals surface area contributed by atoms with E-state index in [1.54, 1.807) is 20.8 Å². The zero-order valence-corrected chi connectivity index (χ0v) is 10.7. The number of hydrogen-bond acceptors (Lipinski definition) is 6. The van der Waals surface area contributed by atoms with Crippen LogP contribution >= 0.6 is 0 Å². The molecule has 102 valence electrons. The van der Waals surface area contributed by atoms with Crippen LogP contribution in [-0.4, -0.2) is 27.4 Å². The van der Waals surface area contributed by atoms with E-state index in [0.29, 0.717) is 0 Å². The number of nitrogens with one attached hydrogen (secondary N) is 1. The standard InChI is InChI=1S/C11H13N3O5/c1-11(2,3)19-10(16)9(15)13-8-5-4-7(6-12-8)14(17)18/h4-6H,1-3H3,(H,12,13,15). The number of nitro groups is 1. The van der Waals surface area contributed by atoms with Crippen LogP contribution in [0.2, 0.25) is 0 Å². The van der Waals surface area contributed by atoms with E-state index in [0.717, 1.165) is 12.3 Å². The number of anilines is 1. The molecule has 0 aliphatic heterocycles. The van der Waals surface area contributed by atoms with Gasteiger partial charge in [-0.1, -0.05) is 0 Å². The molecule has 8 nitrogen and oxygen atoms in total.